The monoisotopic (exact) mass is 407 g/mol. The maximum atomic E-state index is 12.6. The lowest BCUT2D eigenvalue weighted by atomic mass is 9.98. The summed E-state index contributed by atoms with van der Waals surface area (Å²) in [5.41, 5.74) is 2.71. The Bertz CT molecular complexity index is 812. The Morgan fingerprint density at radius 2 is 1.60 bits per heavy atom. The maximum absolute atomic E-state index is 12.6. The number of carbonyl (C=O) groups is 2. The highest BCUT2D eigenvalue weighted by atomic mass is 16.2. The van der Waals surface area contributed by atoms with Gasteiger partial charge >= 0.3 is 0 Å². The van der Waals surface area contributed by atoms with Crippen molar-refractivity contribution < 1.29 is 9.59 Å². The van der Waals surface area contributed by atoms with E-state index in [-0.39, 0.29) is 17.7 Å². The number of hydrogen-bond donors (Lipinski definition) is 1. The standard InChI is InChI=1S/C25H33N3O2/c1-3-5-9-20(4-2)24(29)26-22-12-14-23(15-13-22)27-16-18-28(19-17-27)25(30)21-10-7-6-8-11-21/h6-8,10-15,20H,3-5,9,16-19H2,1-2H3,(H,26,29)/t20-/m1/s1. The molecule has 1 heterocycles. The SMILES string of the molecule is CCCC[C@@H](CC)C(=O)Nc1ccc(N2CCN(C(=O)c3ccccc3)CC2)cc1. The lowest BCUT2D eigenvalue weighted by Crippen LogP contribution is -2.48. The summed E-state index contributed by atoms with van der Waals surface area (Å²) in [6, 6.07) is 17.5. The molecule has 0 aromatic heterocycles. The van der Waals surface area contributed by atoms with Crippen molar-refractivity contribution in [2.45, 2.75) is 39.5 Å². The van der Waals surface area contributed by atoms with Crippen LogP contribution in [0.15, 0.2) is 54.6 Å². The van der Waals surface area contributed by atoms with Gasteiger partial charge in [0.25, 0.3) is 5.91 Å². The van der Waals surface area contributed by atoms with E-state index in [1.807, 2.05) is 47.4 Å². The van der Waals surface area contributed by atoms with Crippen molar-refractivity contribution >= 4 is 23.2 Å². The molecule has 0 aliphatic carbocycles. The molecule has 0 bridgehead atoms. The minimum atomic E-state index is 0.0832. The van der Waals surface area contributed by atoms with Crippen molar-refractivity contribution in [2.75, 3.05) is 36.4 Å². The summed E-state index contributed by atoms with van der Waals surface area (Å²) >= 11 is 0. The van der Waals surface area contributed by atoms with Crippen LogP contribution in [0.25, 0.3) is 0 Å². The third-order valence-electron chi connectivity index (χ3n) is 5.86. The summed E-state index contributed by atoms with van der Waals surface area (Å²) in [4.78, 5) is 29.3. The van der Waals surface area contributed by atoms with Gasteiger partial charge in [0.2, 0.25) is 5.91 Å². The van der Waals surface area contributed by atoms with Crippen molar-refractivity contribution in [2.24, 2.45) is 5.92 Å². The van der Waals surface area contributed by atoms with E-state index < -0.39 is 0 Å². The van der Waals surface area contributed by atoms with Gasteiger partial charge in [-0.05, 0) is 49.2 Å². The van der Waals surface area contributed by atoms with Gasteiger partial charge in [-0.1, -0.05) is 44.9 Å². The second kappa shape index (κ2) is 10.8. The van der Waals surface area contributed by atoms with Crippen molar-refractivity contribution in [1.82, 2.24) is 4.90 Å². The van der Waals surface area contributed by atoms with E-state index in [0.717, 1.165) is 55.7 Å². The second-order valence-corrected chi connectivity index (χ2v) is 7.93. The summed E-state index contributed by atoms with van der Waals surface area (Å²) < 4.78 is 0. The van der Waals surface area contributed by atoms with E-state index in [1.165, 1.54) is 0 Å². The molecule has 5 nitrogen and oxygen atoms in total. The molecule has 2 aromatic carbocycles. The first-order chi connectivity index (χ1) is 14.6. The largest absolute Gasteiger partial charge is 0.368 e. The van der Waals surface area contributed by atoms with Crippen LogP contribution in [0.4, 0.5) is 11.4 Å². The molecule has 160 valence electrons. The molecule has 2 aromatic rings. The molecule has 1 atom stereocenters. The van der Waals surface area contributed by atoms with Gasteiger partial charge in [-0.2, -0.15) is 0 Å². The predicted octanol–water partition coefficient (Wildman–Crippen LogP) is 4.80. The first-order valence-corrected chi connectivity index (χ1v) is 11.1. The highest BCUT2D eigenvalue weighted by Crippen LogP contribution is 2.22. The van der Waals surface area contributed by atoms with E-state index in [4.69, 9.17) is 0 Å². The molecule has 1 saturated heterocycles. The van der Waals surface area contributed by atoms with Crippen LogP contribution < -0.4 is 10.2 Å². The number of anilines is 2. The number of benzene rings is 2. The van der Waals surface area contributed by atoms with Gasteiger partial charge in [0.1, 0.15) is 0 Å². The van der Waals surface area contributed by atoms with Crippen LogP contribution in [-0.4, -0.2) is 42.9 Å². The Morgan fingerprint density at radius 1 is 0.933 bits per heavy atom. The Morgan fingerprint density at radius 3 is 2.20 bits per heavy atom. The molecular formula is C25H33N3O2. The molecule has 30 heavy (non-hydrogen) atoms. The number of nitrogens with one attached hydrogen (secondary N) is 1. The van der Waals surface area contributed by atoms with Crippen LogP contribution in [-0.2, 0) is 4.79 Å². The Balaban J connectivity index is 1.52. The molecule has 1 fully saturated rings. The van der Waals surface area contributed by atoms with Gasteiger partial charge in [-0.3, -0.25) is 9.59 Å². The third-order valence-corrected chi connectivity index (χ3v) is 5.86. The van der Waals surface area contributed by atoms with Gasteiger partial charge in [-0.15, -0.1) is 0 Å². The van der Waals surface area contributed by atoms with Crippen molar-refractivity contribution in [3.05, 3.63) is 60.2 Å². The topological polar surface area (TPSA) is 52.7 Å². The Hall–Kier alpha value is -2.82. The fourth-order valence-electron chi connectivity index (χ4n) is 3.90. The molecule has 1 N–H and O–H groups in total. The molecule has 1 aliphatic heterocycles. The van der Waals surface area contributed by atoms with Crippen LogP contribution in [0.1, 0.15) is 49.9 Å². The average Bonchev–Trinajstić information content (AvgIpc) is 2.80. The highest BCUT2D eigenvalue weighted by Gasteiger charge is 2.22. The molecule has 2 amide bonds. The van der Waals surface area contributed by atoms with Crippen molar-refractivity contribution in [3.8, 4) is 0 Å². The van der Waals surface area contributed by atoms with Crippen LogP contribution in [0.5, 0.6) is 0 Å². The van der Waals surface area contributed by atoms with Crippen LogP contribution in [0.3, 0.4) is 0 Å². The van der Waals surface area contributed by atoms with Gasteiger partial charge in [0.15, 0.2) is 0 Å². The summed E-state index contributed by atoms with van der Waals surface area (Å²) in [6.45, 7) is 7.26. The summed E-state index contributed by atoms with van der Waals surface area (Å²) in [5.74, 6) is 0.299. The van der Waals surface area contributed by atoms with Crippen LogP contribution in [0.2, 0.25) is 0 Å². The van der Waals surface area contributed by atoms with E-state index in [9.17, 15) is 9.59 Å². The number of hydrogen-bond acceptors (Lipinski definition) is 3. The minimum Gasteiger partial charge on any atom is -0.368 e. The Labute approximate surface area is 180 Å². The van der Waals surface area contributed by atoms with E-state index in [1.54, 1.807) is 0 Å². The van der Waals surface area contributed by atoms with Gasteiger partial charge in [0, 0.05) is 49.0 Å². The zero-order valence-corrected chi connectivity index (χ0v) is 18.1. The van der Waals surface area contributed by atoms with Gasteiger partial charge in [0.05, 0.1) is 0 Å². The quantitative estimate of drug-likeness (QED) is 0.684. The normalized spacial score (nSPS) is 15.0. The molecule has 1 aliphatic rings. The Kier molecular flexibility index (Phi) is 7.89. The maximum Gasteiger partial charge on any atom is 0.253 e. The lowest BCUT2D eigenvalue weighted by molar-refractivity contribution is -0.120. The fourth-order valence-corrected chi connectivity index (χ4v) is 3.90. The smallest absolute Gasteiger partial charge is 0.253 e. The summed E-state index contributed by atoms with van der Waals surface area (Å²) in [7, 11) is 0. The van der Waals surface area contributed by atoms with Gasteiger partial charge < -0.3 is 15.1 Å². The molecule has 5 heteroatoms. The minimum absolute atomic E-state index is 0.0832. The summed E-state index contributed by atoms with van der Waals surface area (Å²) in [6.07, 6.45) is 4.02. The molecule has 0 saturated carbocycles. The number of carbonyl (C=O) groups excluding carboxylic acids is 2. The number of nitrogens with zero attached hydrogens (tertiary/aromatic N) is 2. The highest BCUT2D eigenvalue weighted by molar-refractivity contribution is 5.94. The van der Waals surface area contributed by atoms with Crippen molar-refractivity contribution in [1.29, 1.82) is 0 Å². The molecule has 3 rings (SSSR count). The van der Waals surface area contributed by atoms with E-state index in [0.29, 0.717) is 13.1 Å². The zero-order chi connectivity index (χ0) is 21.3. The third kappa shape index (κ3) is 5.62. The number of piperazine rings is 1. The number of amides is 2. The first-order valence-electron chi connectivity index (χ1n) is 11.1. The molecular weight excluding hydrogens is 374 g/mol. The predicted molar refractivity (Wildman–Crippen MR) is 123 cm³/mol. The molecule has 0 unspecified atom stereocenters. The lowest BCUT2D eigenvalue weighted by Gasteiger charge is -2.36. The average molecular weight is 408 g/mol. The van der Waals surface area contributed by atoms with E-state index >= 15 is 0 Å². The number of unbranched alkanes of at least 4 members (excludes halogenated alkanes) is 1. The van der Waals surface area contributed by atoms with Gasteiger partial charge in [-0.25, -0.2) is 0 Å². The van der Waals surface area contributed by atoms with Crippen molar-refractivity contribution in [3.63, 3.8) is 0 Å². The van der Waals surface area contributed by atoms with Crippen LogP contribution >= 0.6 is 0 Å². The number of rotatable bonds is 8. The fraction of sp³-hybridized carbons (Fsp3) is 0.440. The zero-order valence-electron chi connectivity index (χ0n) is 18.1. The van der Waals surface area contributed by atoms with Crippen LogP contribution in [0, 0.1) is 5.92 Å². The molecule has 0 radical (unpaired) electrons. The first kappa shape index (κ1) is 21.9. The molecule has 0 spiro atoms. The second-order valence-electron chi connectivity index (χ2n) is 7.93. The van der Waals surface area contributed by atoms with E-state index in [2.05, 4.69) is 36.2 Å². The summed E-state index contributed by atoms with van der Waals surface area (Å²) in [5, 5.41) is 3.06.